The number of halogens is 2. The fraction of sp³-hybridized carbons (Fsp3) is 0.148. The first-order valence-electron chi connectivity index (χ1n) is 10.4. The number of Topliss-reactive ketones (excluding diaryl/α,β-unsaturated/α-hetero) is 1. The molecule has 6 heteroatoms. The first kappa shape index (κ1) is 21.3. The monoisotopic (exact) mass is 469 g/mol. The molecular weight excluding hydrogens is 453 g/mol. The standard InChI is InChI=1S/C27H17Cl2N3O/c28-20-12-10-19(14-21(20)29)24-25(26(33)18-7-2-1-3-8-18)32-22-9-5-4-6-17(22)11-13-23(32)27(24,15-30)16-31/h1-14,23-25H/t23-,24+,25+/m0/s1. The third-order valence-electron chi connectivity index (χ3n) is 6.54. The topological polar surface area (TPSA) is 67.9 Å². The quantitative estimate of drug-likeness (QED) is 0.423. The van der Waals surface area contributed by atoms with E-state index in [1.54, 1.807) is 42.5 Å². The number of carbonyl (C=O) groups excluding carboxylic acids is 1. The van der Waals surface area contributed by atoms with Crippen LogP contribution in [0.15, 0.2) is 78.9 Å². The van der Waals surface area contributed by atoms with Gasteiger partial charge in [0.1, 0.15) is 6.04 Å². The lowest BCUT2D eigenvalue weighted by Crippen LogP contribution is -2.44. The molecule has 0 spiro atoms. The van der Waals surface area contributed by atoms with Gasteiger partial charge >= 0.3 is 0 Å². The van der Waals surface area contributed by atoms with Gasteiger partial charge in [0.2, 0.25) is 0 Å². The minimum atomic E-state index is -1.52. The van der Waals surface area contributed by atoms with Gasteiger partial charge in [-0.2, -0.15) is 10.5 Å². The van der Waals surface area contributed by atoms with Crippen LogP contribution in [-0.2, 0) is 0 Å². The number of nitrogens with zero attached hydrogens (tertiary/aromatic N) is 3. The number of para-hydroxylation sites is 1. The van der Waals surface area contributed by atoms with Gasteiger partial charge in [0.25, 0.3) is 0 Å². The molecule has 2 aliphatic heterocycles. The van der Waals surface area contributed by atoms with Gasteiger partial charge in [-0.15, -0.1) is 0 Å². The predicted octanol–water partition coefficient (Wildman–Crippen LogP) is 6.28. The summed E-state index contributed by atoms with van der Waals surface area (Å²) in [4.78, 5) is 16.0. The zero-order valence-corrected chi connectivity index (χ0v) is 18.8. The summed E-state index contributed by atoms with van der Waals surface area (Å²) in [5, 5.41) is 21.5. The van der Waals surface area contributed by atoms with Crippen LogP contribution in [0.3, 0.4) is 0 Å². The van der Waals surface area contributed by atoms with Crippen LogP contribution in [0, 0.1) is 28.1 Å². The molecule has 3 aromatic rings. The molecule has 1 fully saturated rings. The summed E-state index contributed by atoms with van der Waals surface area (Å²) in [6.07, 6.45) is 3.78. The molecule has 0 unspecified atom stereocenters. The van der Waals surface area contributed by atoms with E-state index in [0.29, 0.717) is 21.2 Å². The zero-order valence-electron chi connectivity index (χ0n) is 17.3. The van der Waals surface area contributed by atoms with Crippen molar-refractivity contribution in [3.63, 3.8) is 0 Å². The second-order valence-corrected chi connectivity index (χ2v) is 9.00. The number of hydrogen-bond acceptors (Lipinski definition) is 4. The van der Waals surface area contributed by atoms with E-state index in [4.69, 9.17) is 23.2 Å². The maximum atomic E-state index is 14.0. The summed E-state index contributed by atoms with van der Waals surface area (Å²) in [5.74, 6) is -0.912. The largest absolute Gasteiger partial charge is 0.351 e. The van der Waals surface area contributed by atoms with E-state index in [2.05, 4.69) is 12.1 Å². The van der Waals surface area contributed by atoms with Crippen molar-refractivity contribution in [1.82, 2.24) is 0 Å². The van der Waals surface area contributed by atoms with Gasteiger partial charge in [-0.25, -0.2) is 0 Å². The van der Waals surface area contributed by atoms with E-state index in [0.717, 1.165) is 11.3 Å². The highest BCUT2D eigenvalue weighted by molar-refractivity contribution is 6.42. The fourth-order valence-corrected chi connectivity index (χ4v) is 5.39. The number of anilines is 1. The summed E-state index contributed by atoms with van der Waals surface area (Å²) < 4.78 is 0. The van der Waals surface area contributed by atoms with Crippen molar-refractivity contribution in [3.8, 4) is 12.1 Å². The number of hydrogen-bond donors (Lipinski definition) is 0. The van der Waals surface area contributed by atoms with Gasteiger partial charge in [-0.1, -0.05) is 90.0 Å². The molecule has 0 bridgehead atoms. The minimum Gasteiger partial charge on any atom is -0.351 e. The lowest BCUT2D eigenvalue weighted by Gasteiger charge is -2.35. The number of fused-ring (bicyclic) bond motifs is 3. The highest BCUT2D eigenvalue weighted by Crippen LogP contribution is 2.55. The number of nitriles is 2. The number of carbonyl (C=O) groups is 1. The second-order valence-electron chi connectivity index (χ2n) is 8.19. The summed E-state index contributed by atoms with van der Waals surface area (Å²) >= 11 is 12.5. The Labute approximate surface area is 201 Å². The molecule has 3 aromatic carbocycles. The van der Waals surface area contributed by atoms with Gasteiger partial charge in [0, 0.05) is 17.2 Å². The van der Waals surface area contributed by atoms with E-state index in [1.807, 2.05) is 47.4 Å². The Morgan fingerprint density at radius 3 is 2.30 bits per heavy atom. The van der Waals surface area contributed by atoms with Crippen LogP contribution in [0.1, 0.15) is 27.4 Å². The van der Waals surface area contributed by atoms with Gasteiger partial charge in [0.05, 0.1) is 28.2 Å². The molecule has 4 nitrogen and oxygen atoms in total. The number of rotatable bonds is 3. The van der Waals surface area contributed by atoms with Crippen molar-refractivity contribution in [2.75, 3.05) is 4.90 Å². The van der Waals surface area contributed by atoms with Gasteiger partial charge in [-0.05, 0) is 29.3 Å². The van der Waals surface area contributed by atoms with Crippen LogP contribution >= 0.6 is 23.2 Å². The molecule has 3 atom stereocenters. The highest BCUT2D eigenvalue weighted by atomic mass is 35.5. The Balaban J connectivity index is 1.80. The Morgan fingerprint density at radius 1 is 0.909 bits per heavy atom. The maximum Gasteiger partial charge on any atom is 0.185 e. The highest BCUT2D eigenvalue weighted by Gasteiger charge is 2.63. The molecule has 5 rings (SSSR count). The van der Waals surface area contributed by atoms with Crippen LogP contribution in [0.5, 0.6) is 0 Å². The lowest BCUT2D eigenvalue weighted by atomic mass is 9.69. The van der Waals surface area contributed by atoms with Crippen LogP contribution in [-0.4, -0.2) is 17.9 Å². The Bertz CT molecular complexity index is 1360. The molecule has 0 aliphatic carbocycles. The smallest absolute Gasteiger partial charge is 0.185 e. The average Bonchev–Trinajstić information content (AvgIpc) is 3.17. The predicted molar refractivity (Wildman–Crippen MR) is 129 cm³/mol. The molecular formula is C27H17Cl2N3O. The molecule has 2 heterocycles. The van der Waals surface area contributed by atoms with Gasteiger partial charge in [-0.3, -0.25) is 4.79 Å². The second kappa shape index (κ2) is 8.09. The molecule has 0 N–H and O–H groups in total. The fourth-order valence-electron chi connectivity index (χ4n) is 5.09. The average molecular weight is 470 g/mol. The molecule has 33 heavy (non-hydrogen) atoms. The third kappa shape index (κ3) is 3.15. The van der Waals surface area contributed by atoms with E-state index >= 15 is 0 Å². The van der Waals surface area contributed by atoms with Crippen LogP contribution in [0.4, 0.5) is 5.69 Å². The van der Waals surface area contributed by atoms with Gasteiger partial charge < -0.3 is 4.90 Å². The van der Waals surface area contributed by atoms with Crippen molar-refractivity contribution in [1.29, 1.82) is 10.5 Å². The molecule has 1 saturated heterocycles. The minimum absolute atomic E-state index is 0.158. The molecule has 2 aliphatic rings. The summed E-state index contributed by atoms with van der Waals surface area (Å²) in [5.41, 5.74) is 1.37. The zero-order chi connectivity index (χ0) is 23.2. The Kier molecular flexibility index (Phi) is 5.22. The molecule has 0 amide bonds. The van der Waals surface area contributed by atoms with E-state index in [-0.39, 0.29) is 5.78 Å². The van der Waals surface area contributed by atoms with Crippen molar-refractivity contribution in [2.24, 2.45) is 5.41 Å². The Morgan fingerprint density at radius 2 is 1.61 bits per heavy atom. The number of ketones is 1. The van der Waals surface area contributed by atoms with Crippen molar-refractivity contribution < 1.29 is 4.79 Å². The maximum absolute atomic E-state index is 14.0. The first-order chi connectivity index (χ1) is 16.0. The number of benzene rings is 3. The molecule has 0 radical (unpaired) electrons. The normalized spacial score (nSPS) is 22.1. The van der Waals surface area contributed by atoms with E-state index in [1.165, 1.54) is 0 Å². The molecule has 0 aromatic heterocycles. The van der Waals surface area contributed by atoms with Crippen LogP contribution in [0.2, 0.25) is 10.0 Å². The lowest BCUT2D eigenvalue weighted by molar-refractivity contribution is 0.0951. The molecule has 0 saturated carbocycles. The Hall–Kier alpha value is -3.57. The first-order valence-corrected chi connectivity index (χ1v) is 11.2. The van der Waals surface area contributed by atoms with Crippen LogP contribution in [0.25, 0.3) is 6.08 Å². The van der Waals surface area contributed by atoms with Crippen molar-refractivity contribution >= 4 is 40.7 Å². The van der Waals surface area contributed by atoms with Crippen molar-refractivity contribution in [2.45, 2.75) is 18.0 Å². The summed E-state index contributed by atoms with van der Waals surface area (Å²) in [6.45, 7) is 0. The van der Waals surface area contributed by atoms with Gasteiger partial charge in [0.15, 0.2) is 11.2 Å². The summed E-state index contributed by atoms with van der Waals surface area (Å²) in [7, 11) is 0. The van der Waals surface area contributed by atoms with E-state index in [9.17, 15) is 15.3 Å². The molecule has 160 valence electrons. The summed E-state index contributed by atoms with van der Waals surface area (Å²) in [6, 6.07) is 24.9. The van der Waals surface area contributed by atoms with E-state index < -0.39 is 23.4 Å². The third-order valence-corrected chi connectivity index (χ3v) is 7.28. The van der Waals surface area contributed by atoms with Crippen molar-refractivity contribution in [3.05, 3.63) is 106 Å². The SMILES string of the molecule is N#CC1(C#N)[C@H](c2ccc(Cl)c(Cl)c2)[C@H](C(=O)c2ccccc2)N2c3ccccc3C=C[C@H]21. The van der Waals surface area contributed by atoms with Crippen LogP contribution < -0.4 is 4.90 Å².